The van der Waals surface area contributed by atoms with Gasteiger partial charge in [0.05, 0.1) is 0 Å². The maximum atomic E-state index is 4.04. The molecule has 0 heterocycles. The Kier molecular flexibility index (Phi) is 16.0. The van der Waals surface area contributed by atoms with Crippen LogP contribution >= 0.6 is 0 Å². The third-order valence-corrected chi connectivity index (χ3v) is 4.40. The van der Waals surface area contributed by atoms with E-state index in [0.29, 0.717) is 0 Å². The molecule has 1 saturated carbocycles. The van der Waals surface area contributed by atoms with Gasteiger partial charge in [0.2, 0.25) is 0 Å². The van der Waals surface area contributed by atoms with Gasteiger partial charge >= 0.3 is 0 Å². The molecule has 2 atom stereocenters. The van der Waals surface area contributed by atoms with Crippen molar-refractivity contribution in [2.75, 3.05) is 0 Å². The predicted octanol–water partition coefficient (Wildman–Crippen LogP) is 8.39. The van der Waals surface area contributed by atoms with Gasteiger partial charge in [-0.3, -0.25) is 0 Å². The molecule has 0 spiro atoms. The molecule has 140 valence electrons. The van der Waals surface area contributed by atoms with E-state index < -0.39 is 0 Å². The van der Waals surface area contributed by atoms with Crippen LogP contribution in [0.25, 0.3) is 0 Å². The summed E-state index contributed by atoms with van der Waals surface area (Å²) in [7, 11) is 0. The summed E-state index contributed by atoms with van der Waals surface area (Å²) in [5.41, 5.74) is 4.45. The van der Waals surface area contributed by atoms with E-state index in [1.165, 1.54) is 36.8 Å². The molecule has 2 aliphatic carbocycles. The summed E-state index contributed by atoms with van der Waals surface area (Å²) >= 11 is 0. The first kappa shape index (κ1) is 25.4. The number of hydrogen-bond donors (Lipinski definition) is 0. The first-order valence-corrected chi connectivity index (χ1v) is 9.34. The highest BCUT2D eigenvalue weighted by atomic mass is 14.4. The zero-order chi connectivity index (χ0) is 18.4. The molecule has 0 nitrogen and oxygen atoms in total. The normalized spacial score (nSPS) is 22.6. The van der Waals surface area contributed by atoms with Crippen LogP contribution in [0.15, 0.2) is 85.6 Å². The minimum atomic E-state index is 0. The SMILES string of the molecule is C.C=C/C=C\C1=C(C=C)C2CCCCC2/C1=C/CC.C=CC=C.CC. The van der Waals surface area contributed by atoms with Gasteiger partial charge in [0.25, 0.3) is 0 Å². The zero-order valence-electron chi connectivity index (χ0n) is 16.1. The Morgan fingerprint density at radius 3 is 1.92 bits per heavy atom. The van der Waals surface area contributed by atoms with Crippen molar-refractivity contribution >= 4 is 0 Å². The maximum Gasteiger partial charge on any atom is -0.00872 e. The lowest BCUT2D eigenvalue weighted by Gasteiger charge is -2.27. The zero-order valence-corrected chi connectivity index (χ0v) is 16.1. The van der Waals surface area contributed by atoms with Crippen LogP contribution in [-0.2, 0) is 0 Å². The molecule has 0 aromatic rings. The first-order chi connectivity index (χ1) is 11.7. The largest absolute Gasteiger partial charge is 0.0991 e. The van der Waals surface area contributed by atoms with Gasteiger partial charge in [-0.2, -0.15) is 0 Å². The molecule has 0 aromatic carbocycles. The van der Waals surface area contributed by atoms with Crippen LogP contribution in [0.4, 0.5) is 0 Å². The van der Waals surface area contributed by atoms with Crippen LogP contribution in [-0.4, -0.2) is 0 Å². The average molecular weight is 341 g/mol. The van der Waals surface area contributed by atoms with Crippen molar-refractivity contribution < 1.29 is 0 Å². The molecule has 0 saturated heterocycles. The summed E-state index contributed by atoms with van der Waals surface area (Å²) in [4.78, 5) is 0. The molecule has 0 aromatic heterocycles. The summed E-state index contributed by atoms with van der Waals surface area (Å²) in [5, 5.41) is 0. The van der Waals surface area contributed by atoms with E-state index in [4.69, 9.17) is 0 Å². The van der Waals surface area contributed by atoms with Crippen molar-refractivity contribution in [1.29, 1.82) is 0 Å². The van der Waals surface area contributed by atoms with Crippen molar-refractivity contribution in [3.63, 3.8) is 0 Å². The number of fused-ring (bicyclic) bond motifs is 1. The van der Waals surface area contributed by atoms with Crippen molar-refractivity contribution in [2.45, 2.75) is 60.3 Å². The maximum absolute atomic E-state index is 4.04. The fourth-order valence-electron chi connectivity index (χ4n) is 3.54. The van der Waals surface area contributed by atoms with E-state index in [-0.39, 0.29) is 7.43 Å². The topological polar surface area (TPSA) is 0 Å². The Labute approximate surface area is 158 Å². The Bertz CT molecular complexity index is 490. The Morgan fingerprint density at radius 1 is 0.920 bits per heavy atom. The van der Waals surface area contributed by atoms with Gasteiger partial charge < -0.3 is 0 Å². The Hall–Kier alpha value is -1.82. The van der Waals surface area contributed by atoms with E-state index in [1.807, 2.05) is 19.9 Å². The molecule has 0 amide bonds. The summed E-state index contributed by atoms with van der Waals surface area (Å²) in [6, 6.07) is 0. The molecule has 0 aliphatic heterocycles. The van der Waals surface area contributed by atoms with Crippen LogP contribution < -0.4 is 0 Å². The quantitative estimate of drug-likeness (QED) is 0.441. The highest BCUT2D eigenvalue weighted by molar-refractivity contribution is 5.55. The van der Waals surface area contributed by atoms with Crippen LogP contribution in [0.1, 0.15) is 60.3 Å². The standard InChI is InChI=1S/C18H24.C4H6.C2H6.CH4/c1-4-7-11-16-14(6-3)17-12-8-9-13-18(17)15(16)10-5-2;1-3-4-2;1-2;/h4,6-7,10-11,17-18H,1,3,5,8-9,12-13H2,2H3;3-4H,1-2H2;1-2H3;1H4/b11-7-,15-10+;;;. The third kappa shape index (κ3) is 7.30. The van der Waals surface area contributed by atoms with Gasteiger partial charge in [-0.15, -0.1) is 0 Å². The molecule has 25 heavy (non-hydrogen) atoms. The minimum Gasteiger partial charge on any atom is -0.0991 e. The second-order valence-corrected chi connectivity index (χ2v) is 5.70. The number of allylic oxidation sites excluding steroid dienone is 10. The number of rotatable bonds is 5. The van der Waals surface area contributed by atoms with Crippen LogP contribution in [0.5, 0.6) is 0 Å². The molecule has 2 aliphatic rings. The van der Waals surface area contributed by atoms with Crippen molar-refractivity contribution in [2.24, 2.45) is 11.8 Å². The molecule has 0 heteroatoms. The van der Waals surface area contributed by atoms with E-state index in [0.717, 1.165) is 18.3 Å². The highest BCUT2D eigenvalue weighted by Crippen LogP contribution is 2.49. The van der Waals surface area contributed by atoms with Gasteiger partial charge in [-0.1, -0.05) is 110 Å². The fraction of sp³-hybridized carbons (Fsp3) is 0.440. The van der Waals surface area contributed by atoms with E-state index in [9.17, 15) is 0 Å². The van der Waals surface area contributed by atoms with Crippen LogP contribution in [0, 0.1) is 11.8 Å². The summed E-state index contributed by atoms with van der Waals surface area (Å²) in [5.74, 6) is 1.47. The Morgan fingerprint density at radius 2 is 1.48 bits per heavy atom. The molecule has 0 bridgehead atoms. The summed E-state index contributed by atoms with van der Waals surface area (Å²) in [6.07, 6.45) is 20.5. The molecule has 0 radical (unpaired) electrons. The van der Waals surface area contributed by atoms with Gasteiger partial charge in [-0.25, -0.2) is 0 Å². The van der Waals surface area contributed by atoms with Crippen LogP contribution in [0.3, 0.4) is 0 Å². The lowest BCUT2D eigenvalue weighted by atomic mass is 9.77. The van der Waals surface area contributed by atoms with Crippen molar-refractivity contribution in [3.8, 4) is 0 Å². The van der Waals surface area contributed by atoms with Gasteiger partial charge in [-0.05, 0) is 47.8 Å². The lowest BCUT2D eigenvalue weighted by molar-refractivity contribution is 0.332. The van der Waals surface area contributed by atoms with Crippen LogP contribution in [0.2, 0.25) is 0 Å². The predicted molar refractivity (Wildman–Crippen MR) is 119 cm³/mol. The van der Waals surface area contributed by atoms with Crippen molar-refractivity contribution in [3.05, 3.63) is 85.6 Å². The monoisotopic (exact) mass is 340 g/mol. The molecule has 2 rings (SSSR count). The average Bonchev–Trinajstić information content (AvgIpc) is 2.95. The first-order valence-electron chi connectivity index (χ1n) is 9.34. The molecule has 0 N–H and O–H groups in total. The van der Waals surface area contributed by atoms with Gasteiger partial charge in [0.15, 0.2) is 0 Å². The highest BCUT2D eigenvalue weighted by Gasteiger charge is 2.37. The second-order valence-electron chi connectivity index (χ2n) is 5.70. The summed E-state index contributed by atoms with van der Waals surface area (Å²) < 4.78 is 0. The fourth-order valence-corrected chi connectivity index (χ4v) is 3.54. The van der Waals surface area contributed by atoms with E-state index in [1.54, 1.807) is 17.7 Å². The lowest BCUT2D eigenvalue weighted by Crippen LogP contribution is -2.17. The minimum absolute atomic E-state index is 0. The summed E-state index contributed by atoms with van der Waals surface area (Å²) in [6.45, 7) is 20.8. The van der Waals surface area contributed by atoms with E-state index >= 15 is 0 Å². The van der Waals surface area contributed by atoms with E-state index in [2.05, 4.69) is 57.5 Å². The Balaban J connectivity index is 0. The molecule has 1 fully saturated rings. The second kappa shape index (κ2) is 15.7. The number of hydrogen-bond acceptors (Lipinski definition) is 0. The molecule has 2 unspecified atom stereocenters. The van der Waals surface area contributed by atoms with Crippen molar-refractivity contribution in [1.82, 2.24) is 0 Å². The molecular formula is C25H40. The smallest absolute Gasteiger partial charge is 0.00872 e. The molecular weight excluding hydrogens is 300 g/mol. The third-order valence-electron chi connectivity index (χ3n) is 4.40. The van der Waals surface area contributed by atoms with Gasteiger partial charge in [0.1, 0.15) is 0 Å². The van der Waals surface area contributed by atoms with Gasteiger partial charge in [0, 0.05) is 0 Å².